The van der Waals surface area contributed by atoms with Gasteiger partial charge in [0.05, 0.1) is 28.2 Å². The number of para-hydroxylation sites is 3. The molecule has 0 saturated heterocycles. The number of unbranched alkanes of at least 4 members (excludes halogenated alkanes) is 36. The summed E-state index contributed by atoms with van der Waals surface area (Å²) < 4.78 is 101. The number of hydrogen-bond acceptors (Lipinski definition) is 9. The predicted octanol–water partition coefficient (Wildman–Crippen LogP) is 25.0. The molecule has 6 aromatic carbocycles. The van der Waals surface area contributed by atoms with Crippen molar-refractivity contribution in [1.29, 1.82) is 4.78 Å². The zero-order chi connectivity index (χ0) is 71.9. The van der Waals surface area contributed by atoms with Gasteiger partial charge in [-0.15, -0.1) is 0 Å². The SMILES string of the molecule is CCCCCCCCCCCCc1ccccc1-c1ccc(-c2ccccc2NS(=O)(=O)CCCCCCCCCCCC)cc1.CCCCCCCCCCCCn1c2ccccc2c2cc3c(cc21)c1ccccc1n3S(=O)(=O)CCCCCCCCCCCC.N=S(=O)=O.O=S=O. The average Bonchev–Trinajstić information content (AvgIpc) is 1.56. The van der Waals surface area contributed by atoms with Crippen LogP contribution in [-0.2, 0) is 55.1 Å². The number of benzene rings is 6. The summed E-state index contributed by atoms with van der Waals surface area (Å²) in [7, 11) is -9.53. The predicted molar refractivity (Wildman–Crippen MR) is 428 cm³/mol. The van der Waals surface area contributed by atoms with Gasteiger partial charge in [0, 0.05) is 44.7 Å². The molecule has 0 spiro atoms. The van der Waals surface area contributed by atoms with Crippen LogP contribution >= 0.6 is 0 Å². The number of aromatic nitrogens is 2. The standard InChI is InChI=1S/C42H60N2O2S.C42H63NO2S.HNO2S.O2S/c1-3-5-7-9-11-13-15-17-19-25-31-43-39-29-23-21-27-35(39)37-34-42-38(33-41(37)43)36-28-22-24-30-40(36)44(42)47(45,46)32-26-20-18-16-14-12-10-8-6-4-2;1-3-5-7-9-11-13-15-17-19-21-27-37-28-22-23-29-40(37)38-32-34-39(35-33-38)41-30-24-25-31-42(41)43-46(44,45)36-26-20-18-16-14-12-10-8-6-4-2;1-4(2)3;1-3-2/h21-24,27-30,33-34H,3-20,25-26,31-32H2,1-2H3;22-25,28-35,43H,3-21,26-27,36H2,1-2H3;1H;. The minimum atomic E-state index is -3.52. The molecular weight excluding hydrogens is 1320 g/mol. The Balaban J connectivity index is 0.000000330. The quantitative estimate of drug-likeness (QED) is 0.0353. The first-order valence-electron chi connectivity index (χ1n) is 38.9. The number of nitrogens with zero attached hydrogens (tertiary/aromatic N) is 2. The van der Waals surface area contributed by atoms with Crippen LogP contribution in [0.4, 0.5) is 5.69 Å². The summed E-state index contributed by atoms with van der Waals surface area (Å²) in [6, 6.07) is 46.3. The maximum atomic E-state index is 14.0. The summed E-state index contributed by atoms with van der Waals surface area (Å²) in [4.78, 5) is 0. The molecule has 8 aromatic rings. The molecule has 0 bridgehead atoms. The maximum Gasteiger partial charge on any atom is 0.335 e. The summed E-state index contributed by atoms with van der Waals surface area (Å²) in [6.45, 7) is 10.1. The molecule has 0 saturated carbocycles. The second kappa shape index (κ2) is 50.4. The molecule has 2 heterocycles. The molecular formula is C84H124N4O8S4. The van der Waals surface area contributed by atoms with Gasteiger partial charge in [0.2, 0.25) is 20.0 Å². The van der Waals surface area contributed by atoms with Crippen LogP contribution in [-0.4, -0.2) is 53.7 Å². The Bertz CT molecular complexity index is 3950. The van der Waals surface area contributed by atoms with E-state index in [4.69, 9.17) is 21.6 Å². The summed E-state index contributed by atoms with van der Waals surface area (Å²) >= 11 is -0.750. The zero-order valence-electron chi connectivity index (χ0n) is 61.6. The molecule has 0 aliphatic heterocycles. The van der Waals surface area contributed by atoms with Crippen molar-refractivity contribution in [1.82, 2.24) is 8.54 Å². The molecule has 8 rings (SSSR count). The van der Waals surface area contributed by atoms with Crippen LogP contribution in [0.2, 0.25) is 0 Å². The molecule has 100 heavy (non-hydrogen) atoms. The lowest BCUT2D eigenvalue weighted by Gasteiger charge is -2.14. The number of fused-ring (bicyclic) bond motifs is 6. The van der Waals surface area contributed by atoms with Crippen LogP contribution in [0.1, 0.15) is 290 Å². The number of nitrogens with one attached hydrogen (secondary N) is 2. The van der Waals surface area contributed by atoms with Crippen LogP contribution in [0.15, 0.2) is 133 Å². The van der Waals surface area contributed by atoms with Gasteiger partial charge in [0.25, 0.3) is 0 Å². The van der Waals surface area contributed by atoms with Gasteiger partial charge in [0.1, 0.15) is 0 Å². The Kier molecular flexibility index (Phi) is 42.7. The van der Waals surface area contributed by atoms with Gasteiger partial charge >= 0.3 is 22.1 Å². The fourth-order valence-corrected chi connectivity index (χ4v) is 17.0. The lowest BCUT2D eigenvalue weighted by Crippen LogP contribution is -2.17. The van der Waals surface area contributed by atoms with Gasteiger partial charge in [-0.3, -0.25) is 4.72 Å². The Morgan fingerprint density at radius 1 is 0.370 bits per heavy atom. The molecule has 0 amide bonds. The van der Waals surface area contributed by atoms with Crippen molar-refractivity contribution in [3.63, 3.8) is 0 Å². The summed E-state index contributed by atoms with van der Waals surface area (Å²) in [5, 5.41) is 4.41. The molecule has 0 aliphatic rings. The third kappa shape index (κ3) is 30.9. The van der Waals surface area contributed by atoms with E-state index in [1.165, 1.54) is 245 Å². The molecule has 12 nitrogen and oxygen atoms in total. The van der Waals surface area contributed by atoms with Gasteiger partial charge in [0.15, 0.2) is 0 Å². The number of aryl methyl sites for hydroxylation is 2. The normalized spacial score (nSPS) is 11.5. The van der Waals surface area contributed by atoms with Crippen molar-refractivity contribution in [3.8, 4) is 22.3 Å². The molecule has 0 fully saturated rings. The number of anilines is 1. The van der Waals surface area contributed by atoms with E-state index in [2.05, 4.69) is 128 Å². The number of sulfonamides is 1. The van der Waals surface area contributed by atoms with Gasteiger partial charge in [-0.25, -0.2) is 20.8 Å². The summed E-state index contributed by atoms with van der Waals surface area (Å²) in [6.07, 6.45) is 51.7. The number of hydrogen-bond donors (Lipinski definition) is 2. The minimum absolute atomic E-state index is 0.173. The first-order chi connectivity index (χ1) is 48.7. The molecule has 0 radical (unpaired) electrons. The third-order valence-electron chi connectivity index (χ3n) is 19.6. The van der Waals surface area contributed by atoms with Crippen LogP contribution in [0.25, 0.3) is 65.9 Å². The summed E-state index contributed by atoms with van der Waals surface area (Å²) in [5.74, 6) is 0.364. The van der Waals surface area contributed by atoms with Crippen molar-refractivity contribution in [2.45, 2.75) is 297 Å². The van der Waals surface area contributed by atoms with Crippen molar-refractivity contribution < 1.29 is 33.7 Å². The largest absolute Gasteiger partial charge is 0.340 e. The second-order valence-corrected chi connectivity index (χ2v) is 32.0. The molecule has 0 atom stereocenters. The highest BCUT2D eigenvalue weighted by atomic mass is 32.2. The van der Waals surface area contributed by atoms with E-state index < -0.39 is 42.1 Å². The van der Waals surface area contributed by atoms with Crippen LogP contribution in [0.5, 0.6) is 0 Å². The lowest BCUT2D eigenvalue weighted by atomic mass is 9.94. The van der Waals surface area contributed by atoms with Crippen LogP contribution in [0.3, 0.4) is 0 Å². The van der Waals surface area contributed by atoms with E-state index in [9.17, 15) is 16.8 Å². The smallest absolute Gasteiger partial charge is 0.335 e. The lowest BCUT2D eigenvalue weighted by molar-refractivity contribution is 0.541. The van der Waals surface area contributed by atoms with Crippen molar-refractivity contribution in [2.75, 3.05) is 16.2 Å². The van der Waals surface area contributed by atoms with E-state index >= 15 is 0 Å². The van der Waals surface area contributed by atoms with E-state index in [1.807, 2.05) is 42.5 Å². The van der Waals surface area contributed by atoms with Crippen LogP contribution in [0, 0.1) is 4.78 Å². The Labute approximate surface area is 609 Å². The van der Waals surface area contributed by atoms with E-state index in [1.54, 1.807) is 3.97 Å². The first kappa shape index (κ1) is 84.7. The Morgan fingerprint density at radius 3 is 1.19 bits per heavy atom. The zero-order valence-corrected chi connectivity index (χ0v) is 64.9. The molecule has 0 unspecified atom stereocenters. The topological polar surface area (TPSA) is 182 Å². The third-order valence-corrected chi connectivity index (χ3v) is 22.7. The molecule has 552 valence electrons. The Hall–Kier alpha value is -5.94. The number of rotatable bonds is 49. The highest BCUT2D eigenvalue weighted by Crippen LogP contribution is 2.39. The minimum Gasteiger partial charge on any atom is -0.340 e. The van der Waals surface area contributed by atoms with Gasteiger partial charge < -0.3 is 4.57 Å². The highest BCUT2D eigenvalue weighted by molar-refractivity contribution is 7.92. The first-order valence-corrected chi connectivity index (χ1v) is 43.9. The van der Waals surface area contributed by atoms with E-state index in [0.29, 0.717) is 18.5 Å². The Morgan fingerprint density at radius 2 is 0.710 bits per heavy atom. The van der Waals surface area contributed by atoms with Gasteiger partial charge in [-0.2, -0.15) is 21.6 Å². The van der Waals surface area contributed by atoms with E-state index in [0.717, 1.165) is 83.4 Å². The molecule has 2 aromatic heterocycles. The van der Waals surface area contributed by atoms with E-state index in [-0.39, 0.29) is 11.5 Å². The molecule has 16 heteroatoms. The molecule has 0 aliphatic carbocycles. The fourth-order valence-electron chi connectivity index (χ4n) is 14.1. The average molecular weight is 1450 g/mol. The van der Waals surface area contributed by atoms with Crippen molar-refractivity contribution >= 4 is 91.4 Å². The summed E-state index contributed by atoms with van der Waals surface area (Å²) in [5.41, 5.74) is 10.6. The van der Waals surface area contributed by atoms with Crippen molar-refractivity contribution in [3.05, 3.63) is 139 Å². The van der Waals surface area contributed by atoms with Gasteiger partial charge in [-0.05, 0) is 84.7 Å². The van der Waals surface area contributed by atoms with Crippen LogP contribution < -0.4 is 4.72 Å². The maximum absolute atomic E-state index is 14.0. The second-order valence-electron chi connectivity index (χ2n) is 27.6. The fraction of sp³-hybridized carbons (Fsp3) is 0.571. The molecule has 2 N–H and O–H groups in total. The van der Waals surface area contributed by atoms with Crippen molar-refractivity contribution in [2.24, 2.45) is 0 Å². The monoisotopic (exact) mass is 1440 g/mol. The highest BCUT2D eigenvalue weighted by Gasteiger charge is 2.24. The van der Waals surface area contributed by atoms with Gasteiger partial charge in [-0.1, -0.05) is 362 Å².